The molecule has 0 N–H and O–H groups in total. The summed E-state index contributed by atoms with van der Waals surface area (Å²) >= 11 is 0. The lowest BCUT2D eigenvalue weighted by atomic mass is 9.80. The molecule has 0 aromatic rings. The van der Waals surface area contributed by atoms with Gasteiger partial charge in [0, 0.05) is 30.2 Å². The van der Waals surface area contributed by atoms with Crippen molar-refractivity contribution >= 4 is 17.6 Å². The Labute approximate surface area is 127 Å². The number of hydrogen-bond donors (Lipinski definition) is 0. The van der Waals surface area contributed by atoms with E-state index >= 15 is 0 Å². The zero-order chi connectivity index (χ0) is 15.7. The number of imide groups is 1. The van der Waals surface area contributed by atoms with E-state index in [0.717, 1.165) is 25.7 Å². The number of carbonyl (C=O) groups is 3. The van der Waals surface area contributed by atoms with Gasteiger partial charge in [-0.3, -0.25) is 19.3 Å². The minimum atomic E-state index is -0.146. The molecule has 1 heterocycles. The zero-order valence-corrected chi connectivity index (χ0v) is 13.6. The molecule has 0 bridgehead atoms. The minimum Gasteiger partial charge on any atom is -0.299 e. The standard InChI is InChI=1S/C17H27NO3/c1-10(2)14-9-15(19)18(17(14)21)13-7-5-12(6-8-13)16(20)11(3)4/h10-14H,5-9H2,1-4H3. The maximum absolute atomic E-state index is 12.4. The molecule has 0 spiro atoms. The fraction of sp³-hybridized carbons (Fsp3) is 0.824. The fourth-order valence-electron chi connectivity index (χ4n) is 3.67. The van der Waals surface area contributed by atoms with Crippen LogP contribution in [0.4, 0.5) is 0 Å². The maximum Gasteiger partial charge on any atom is 0.233 e. The summed E-state index contributed by atoms with van der Waals surface area (Å²) in [6.45, 7) is 7.87. The first-order valence-corrected chi connectivity index (χ1v) is 8.22. The monoisotopic (exact) mass is 293 g/mol. The van der Waals surface area contributed by atoms with Gasteiger partial charge in [-0.2, -0.15) is 0 Å². The van der Waals surface area contributed by atoms with E-state index in [-0.39, 0.29) is 41.5 Å². The van der Waals surface area contributed by atoms with Crippen LogP contribution in [-0.4, -0.2) is 28.5 Å². The highest BCUT2D eigenvalue weighted by molar-refractivity contribution is 6.04. The van der Waals surface area contributed by atoms with E-state index in [2.05, 4.69) is 0 Å². The molecule has 1 unspecified atom stereocenters. The summed E-state index contributed by atoms with van der Waals surface area (Å²) in [5, 5.41) is 0. The van der Waals surface area contributed by atoms with Gasteiger partial charge in [-0.05, 0) is 31.6 Å². The first kappa shape index (κ1) is 16.2. The van der Waals surface area contributed by atoms with E-state index in [1.54, 1.807) is 0 Å². The number of rotatable bonds is 4. The molecule has 0 aromatic carbocycles. The van der Waals surface area contributed by atoms with Gasteiger partial charge >= 0.3 is 0 Å². The first-order chi connectivity index (χ1) is 9.82. The number of ketones is 1. The SMILES string of the molecule is CC(C)C(=O)C1CCC(N2C(=O)CC(C(C)C)C2=O)CC1. The Bertz CT molecular complexity index is 433. The highest BCUT2D eigenvalue weighted by Crippen LogP contribution is 2.35. The largest absolute Gasteiger partial charge is 0.299 e. The number of carbonyl (C=O) groups excluding carboxylic acids is 3. The molecule has 0 radical (unpaired) electrons. The Morgan fingerprint density at radius 1 is 1.05 bits per heavy atom. The van der Waals surface area contributed by atoms with Crippen LogP contribution >= 0.6 is 0 Å². The van der Waals surface area contributed by atoms with Crippen LogP contribution in [0.2, 0.25) is 0 Å². The minimum absolute atomic E-state index is 0.00800. The van der Waals surface area contributed by atoms with Gasteiger partial charge in [0.25, 0.3) is 0 Å². The molecule has 2 rings (SSSR count). The fourth-order valence-corrected chi connectivity index (χ4v) is 3.67. The molecule has 4 nitrogen and oxygen atoms in total. The van der Waals surface area contributed by atoms with Crippen molar-refractivity contribution < 1.29 is 14.4 Å². The van der Waals surface area contributed by atoms with E-state index in [4.69, 9.17) is 0 Å². The molecule has 2 amide bonds. The second-order valence-electron chi connectivity index (χ2n) is 7.22. The number of likely N-dealkylation sites (tertiary alicyclic amines) is 1. The van der Waals surface area contributed by atoms with Gasteiger partial charge in [0.15, 0.2) is 0 Å². The summed E-state index contributed by atoms with van der Waals surface area (Å²) in [4.78, 5) is 38.1. The molecule has 2 fully saturated rings. The Morgan fingerprint density at radius 2 is 1.62 bits per heavy atom. The quantitative estimate of drug-likeness (QED) is 0.749. The highest BCUT2D eigenvalue weighted by Gasteiger charge is 2.44. The van der Waals surface area contributed by atoms with Crippen molar-refractivity contribution in [3.63, 3.8) is 0 Å². The molecule has 118 valence electrons. The summed E-state index contributed by atoms with van der Waals surface area (Å²) in [7, 11) is 0. The summed E-state index contributed by atoms with van der Waals surface area (Å²) < 4.78 is 0. The van der Waals surface area contributed by atoms with E-state index in [1.165, 1.54) is 4.90 Å². The lowest BCUT2D eigenvalue weighted by Crippen LogP contribution is -2.43. The molecule has 2 aliphatic rings. The average Bonchev–Trinajstić information content (AvgIpc) is 2.73. The summed E-state index contributed by atoms with van der Waals surface area (Å²) in [5.74, 6) is 0.582. The van der Waals surface area contributed by atoms with Crippen LogP contribution in [0.15, 0.2) is 0 Å². The third kappa shape index (κ3) is 3.19. The summed E-state index contributed by atoms with van der Waals surface area (Å²) in [6, 6.07) is 0.0185. The number of amides is 2. The molecule has 21 heavy (non-hydrogen) atoms. The van der Waals surface area contributed by atoms with Crippen molar-refractivity contribution in [3.8, 4) is 0 Å². The van der Waals surface area contributed by atoms with Crippen LogP contribution in [0.1, 0.15) is 59.8 Å². The average molecular weight is 293 g/mol. The van der Waals surface area contributed by atoms with Crippen molar-refractivity contribution in [3.05, 3.63) is 0 Å². The molecule has 1 saturated heterocycles. The Balaban J connectivity index is 1.98. The van der Waals surface area contributed by atoms with Crippen LogP contribution < -0.4 is 0 Å². The van der Waals surface area contributed by atoms with Gasteiger partial charge in [-0.25, -0.2) is 0 Å². The van der Waals surface area contributed by atoms with Crippen LogP contribution in [0.3, 0.4) is 0 Å². The number of nitrogens with zero attached hydrogens (tertiary/aromatic N) is 1. The normalized spacial score (nSPS) is 30.6. The predicted molar refractivity (Wildman–Crippen MR) is 80.4 cm³/mol. The van der Waals surface area contributed by atoms with Crippen LogP contribution in [0, 0.1) is 23.7 Å². The third-order valence-electron chi connectivity index (χ3n) is 5.06. The number of hydrogen-bond acceptors (Lipinski definition) is 3. The molecule has 1 aliphatic carbocycles. The smallest absolute Gasteiger partial charge is 0.233 e. The third-order valence-corrected chi connectivity index (χ3v) is 5.06. The topological polar surface area (TPSA) is 54.5 Å². The molecular weight excluding hydrogens is 266 g/mol. The van der Waals surface area contributed by atoms with Crippen molar-refractivity contribution in [2.45, 2.75) is 65.8 Å². The number of Topliss-reactive ketones (excluding diaryl/α,β-unsaturated/α-hetero) is 1. The van der Waals surface area contributed by atoms with Gasteiger partial charge in [0.2, 0.25) is 11.8 Å². The van der Waals surface area contributed by atoms with Crippen molar-refractivity contribution in [1.82, 2.24) is 4.90 Å². The second-order valence-corrected chi connectivity index (χ2v) is 7.22. The first-order valence-electron chi connectivity index (χ1n) is 8.22. The molecule has 1 aliphatic heterocycles. The Kier molecular flexibility index (Phi) is 4.84. The lowest BCUT2D eigenvalue weighted by molar-refractivity contribution is -0.143. The van der Waals surface area contributed by atoms with E-state index < -0.39 is 0 Å². The second kappa shape index (κ2) is 6.29. The summed E-state index contributed by atoms with van der Waals surface area (Å²) in [5.41, 5.74) is 0. The van der Waals surface area contributed by atoms with Gasteiger partial charge < -0.3 is 0 Å². The Hall–Kier alpha value is -1.19. The van der Waals surface area contributed by atoms with E-state index in [9.17, 15) is 14.4 Å². The maximum atomic E-state index is 12.4. The molecule has 0 aromatic heterocycles. The van der Waals surface area contributed by atoms with Gasteiger partial charge in [0.1, 0.15) is 5.78 Å². The van der Waals surface area contributed by atoms with Crippen molar-refractivity contribution in [2.24, 2.45) is 23.7 Å². The van der Waals surface area contributed by atoms with E-state index in [0.29, 0.717) is 12.2 Å². The summed E-state index contributed by atoms with van der Waals surface area (Å²) in [6.07, 6.45) is 3.55. The van der Waals surface area contributed by atoms with Gasteiger partial charge in [-0.1, -0.05) is 27.7 Å². The van der Waals surface area contributed by atoms with Crippen LogP contribution in [0.25, 0.3) is 0 Å². The van der Waals surface area contributed by atoms with Crippen LogP contribution in [0.5, 0.6) is 0 Å². The zero-order valence-electron chi connectivity index (χ0n) is 13.6. The molecule has 1 saturated carbocycles. The predicted octanol–water partition coefficient (Wildman–Crippen LogP) is 2.80. The highest BCUT2D eigenvalue weighted by atomic mass is 16.2. The van der Waals surface area contributed by atoms with E-state index in [1.807, 2.05) is 27.7 Å². The molecule has 1 atom stereocenters. The molecular formula is C17H27NO3. The van der Waals surface area contributed by atoms with Gasteiger partial charge in [0.05, 0.1) is 0 Å². The van der Waals surface area contributed by atoms with Crippen molar-refractivity contribution in [1.29, 1.82) is 0 Å². The van der Waals surface area contributed by atoms with Gasteiger partial charge in [-0.15, -0.1) is 0 Å². The van der Waals surface area contributed by atoms with Crippen molar-refractivity contribution in [2.75, 3.05) is 0 Å². The molecule has 4 heteroatoms. The van der Waals surface area contributed by atoms with Crippen LogP contribution in [-0.2, 0) is 14.4 Å². The Morgan fingerprint density at radius 3 is 2.05 bits per heavy atom. The lowest BCUT2D eigenvalue weighted by Gasteiger charge is -2.33.